The molecule has 0 spiro atoms. The molecule has 0 amide bonds. The van der Waals surface area contributed by atoms with Crippen molar-refractivity contribution in [3.05, 3.63) is 0 Å². The maximum Gasteiger partial charge on any atom is 0.00162 e. The third-order valence-electron chi connectivity index (χ3n) is 0.408. The van der Waals surface area contributed by atoms with E-state index in [0.717, 1.165) is 0 Å². The van der Waals surface area contributed by atoms with Crippen molar-refractivity contribution in [2.45, 2.75) is 0 Å². The summed E-state index contributed by atoms with van der Waals surface area (Å²) in [5.41, 5.74) is 0. The molecule has 1 unspecified atom stereocenters. The van der Waals surface area contributed by atoms with Crippen molar-refractivity contribution in [1.82, 2.24) is 0 Å². The van der Waals surface area contributed by atoms with Crippen LogP contribution in [0, 0.1) is 0 Å². The van der Waals surface area contributed by atoms with Crippen LogP contribution in [0.15, 0.2) is 0 Å². The molecule has 0 aliphatic carbocycles. The summed E-state index contributed by atoms with van der Waals surface area (Å²) in [4.78, 5) is 0. The Labute approximate surface area is 31.9 Å². The Morgan fingerprint density at radius 1 is 1.75 bits per heavy atom. The Morgan fingerprint density at radius 3 is 2.00 bits per heavy atom. The summed E-state index contributed by atoms with van der Waals surface area (Å²) in [6.45, 7) is 0. The molecule has 1 aliphatic heterocycles. The van der Waals surface area contributed by atoms with Gasteiger partial charge in [0.25, 0.3) is 0 Å². The SMILES string of the molecule is C1CSP1. The molecule has 1 rings (SSSR count). The zero-order valence-corrected chi connectivity index (χ0v) is 4.14. The van der Waals surface area contributed by atoms with Crippen molar-refractivity contribution in [1.29, 1.82) is 0 Å². The molecule has 1 fully saturated rings. The topological polar surface area (TPSA) is 0 Å². The smallest absolute Gasteiger partial charge is 0.00162 e. The van der Waals surface area contributed by atoms with Gasteiger partial charge in [0.1, 0.15) is 0 Å². The average molecular weight is 92.1 g/mol. The normalized spacial score (nSPS) is 30.0. The van der Waals surface area contributed by atoms with Gasteiger partial charge >= 0.3 is 0 Å². The predicted molar refractivity (Wildman–Crippen MR) is 25.6 cm³/mol. The highest BCUT2D eigenvalue weighted by Gasteiger charge is 1.95. The average Bonchev–Trinajstić information content (AvgIpc) is 0.722. The molecule has 0 N–H and O–H groups in total. The lowest BCUT2D eigenvalue weighted by Crippen LogP contribution is -1.83. The molecule has 1 atom stereocenters. The van der Waals surface area contributed by atoms with Gasteiger partial charge < -0.3 is 0 Å². The van der Waals surface area contributed by atoms with E-state index in [-0.39, 0.29) is 0 Å². The van der Waals surface area contributed by atoms with Gasteiger partial charge in [-0.05, 0) is 6.16 Å². The fourth-order valence-corrected chi connectivity index (χ4v) is 0.919. The van der Waals surface area contributed by atoms with Crippen LogP contribution >= 0.6 is 19.2 Å². The standard InChI is InChI=1S/C2H5PS/c1-2-4-3-1/h3H,1-2H2. The van der Waals surface area contributed by atoms with Crippen molar-refractivity contribution < 1.29 is 0 Å². The van der Waals surface area contributed by atoms with Gasteiger partial charge in [0.05, 0.1) is 0 Å². The highest BCUT2D eigenvalue weighted by Crippen LogP contribution is 2.39. The molecule has 0 radical (unpaired) electrons. The van der Waals surface area contributed by atoms with Crippen molar-refractivity contribution in [2.24, 2.45) is 0 Å². The van der Waals surface area contributed by atoms with Crippen molar-refractivity contribution in [2.75, 3.05) is 11.9 Å². The first-order valence-corrected chi connectivity index (χ1v) is 4.26. The van der Waals surface area contributed by atoms with Gasteiger partial charge in [0.2, 0.25) is 0 Å². The summed E-state index contributed by atoms with van der Waals surface area (Å²) < 4.78 is 0. The Hall–Kier alpha value is 0.780. The van der Waals surface area contributed by atoms with Gasteiger partial charge in [-0.3, -0.25) is 0 Å². The van der Waals surface area contributed by atoms with E-state index in [2.05, 4.69) is 11.4 Å². The molecule has 2 heteroatoms. The highest BCUT2D eigenvalue weighted by molar-refractivity contribution is 8.52. The number of hydrogen-bond acceptors (Lipinski definition) is 1. The molecule has 0 saturated carbocycles. The molecule has 1 saturated heterocycles. The van der Waals surface area contributed by atoms with Crippen LogP contribution in [0.4, 0.5) is 0 Å². The quantitative estimate of drug-likeness (QED) is 0.406. The lowest BCUT2D eigenvalue weighted by atomic mass is 11.0. The van der Waals surface area contributed by atoms with E-state index in [0.29, 0.717) is 0 Å². The first kappa shape index (κ1) is 2.99. The van der Waals surface area contributed by atoms with Gasteiger partial charge in [-0.25, -0.2) is 0 Å². The van der Waals surface area contributed by atoms with Crippen LogP contribution in [0.1, 0.15) is 0 Å². The molecule has 24 valence electrons. The zero-order valence-electron chi connectivity index (χ0n) is 2.32. The fourth-order valence-electron chi connectivity index (χ4n) is 0.102. The highest BCUT2D eigenvalue weighted by atomic mass is 32.7. The predicted octanol–water partition coefficient (Wildman–Crippen LogP) is 1.33. The summed E-state index contributed by atoms with van der Waals surface area (Å²) in [7, 11) is 1.24. The van der Waals surface area contributed by atoms with Gasteiger partial charge in [-0.1, -0.05) is 7.78 Å². The fraction of sp³-hybridized carbons (Fsp3) is 1.00. The third-order valence-corrected chi connectivity index (χ3v) is 3.67. The van der Waals surface area contributed by atoms with E-state index < -0.39 is 0 Å². The Balaban J connectivity index is 2.00. The Bertz CT molecular complexity index is 14.0. The van der Waals surface area contributed by atoms with E-state index in [1.165, 1.54) is 19.7 Å². The van der Waals surface area contributed by atoms with Gasteiger partial charge in [-0.15, -0.1) is 11.4 Å². The summed E-state index contributed by atoms with van der Waals surface area (Å²) >= 11 is 2.06. The van der Waals surface area contributed by atoms with Crippen LogP contribution in [0.5, 0.6) is 0 Å². The lowest BCUT2D eigenvalue weighted by molar-refractivity contribution is 1.54. The zero-order chi connectivity index (χ0) is 2.83. The molecule has 0 aromatic carbocycles. The van der Waals surface area contributed by atoms with Crippen molar-refractivity contribution in [3.8, 4) is 0 Å². The lowest BCUT2D eigenvalue weighted by Gasteiger charge is -2.05. The third kappa shape index (κ3) is 0.386. The van der Waals surface area contributed by atoms with Crippen LogP contribution in [0.25, 0.3) is 0 Å². The summed E-state index contributed by atoms with van der Waals surface area (Å²) in [6.07, 6.45) is 1.49. The van der Waals surface area contributed by atoms with Gasteiger partial charge in [-0.2, -0.15) is 0 Å². The molecule has 4 heavy (non-hydrogen) atoms. The minimum atomic E-state index is 1.24. The summed E-state index contributed by atoms with van der Waals surface area (Å²) in [6, 6.07) is 0. The summed E-state index contributed by atoms with van der Waals surface area (Å²) in [5.74, 6) is 1.43. The monoisotopic (exact) mass is 92.0 g/mol. The van der Waals surface area contributed by atoms with Crippen molar-refractivity contribution >= 4 is 19.2 Å². The Morgan fingerprint density at radius 2 is 2.00 bits per heavy atom. The second kappa shape index (κ2) is 1.28. The maximum absolute atomic E-state index is 2.06. The minimum Gasteiger partial charge on any atom is -0.137 e. The molecule has 0 nitrogen and oxygen atoms in total. The molecule has 0 aromatic heterocycles. The van der Waals surface area contributed by atoms with Crippen LogP contribution in [0.3, 0.4) is 0 Å². The molecular formula is C2H5PS. The molecular weight excluding hydrogens is 87.1 g/mol. The minimum absolute atomic E-state index is 1.24. The van der Waals surface area contributed by atoms with Crippen LogP contribution in [0.2, 0.25) is 0 Å². The second-order valence-corrected chi connectivity index (χ2v) is 3.96. The van der Waals surface area contributed by atoms with Crippen LogP contribution in [-0.4, -0.2) is 11.9 Å². The van der Waals surface area contributed by atoms with E-state index >= 15 is 0 Å². The first-order chi connectivity index (χ1) is 2.00. The first-order valence-electron chi connectivity index (χ1n) is 1.35. The van der Waals surface area contributed by atoms with Crippen LogP contribution in [-0.2, 0) is 0 Å². The summed E-state index contributed by atoms with van der Waals surface area (Å²) in [5, 5.41) is 0. The van der Waals surface area contributed by atoms with Gasteiger partial charge in [0, 0.05) is 5.75 Å². The molecule has 1 aliphatic rings. The number of rotatable bonds is 0. The largest absolute Gasteiger partial charge is 0.137 e. The molecule has 0 aromatic rings. The van der Waals surface area contributed by atoms with E-state index in [1.807, 2.05) is 0 Å². The Kier molecular flexibility index (Phi) is 0.955. The van der Waals surface area contributed by atoms with E-state index in [1.54, 1.807) is 0 Å². The van der Waals surface area contributed by atoms with E-state index in [9.17, 15) is 0 Å². The number of hydrogen-bond donors (Lipinski definition) is 0. The van der Waals surface area contributed by atoms with E-state index in [4.69, 9.17) is 0 Å². The van der Waals surface area contributed by atoms with Crippen LogP contribution < -0.4 is 0 Å². The second-order valence-electron chi connectivity index (χ2n) is 0.743. The molecule has 1 heterocycles. The van der Waals surface area contributed by atoms with Crippen molar-refractivity contribution in [3.63, 3.8) is 0 Å². The molecule has 0 bridgehead atoms. The maximum atomic E-state index is 2.06. The van der Waals surface area contributed by atoms with Gasteiger partial charge in [0.15, 0.2) is 0 Å².